The van der Waals surface area contributed by atoms with Gasteiger partial charge in [0.25, 0.3) is 11.7 Å². The Hall–Kier alpha value is -3.64. The molecule has 3 aromatic rings. The van der Waals surface area contributed by atoms with Crippen molar-refractivity contribution < 1.29 is 24.2 Å². The largest absolute Gasteiger partial charge is 0.508 e. The van der Waals surface area contributed by atoms with E-state index in [2.05, 4.69) is 0 Å². The minimum atomic E-state index is -0.858. The third-order valence-corrected chi connectivity index (χ3v) is 5.99. The number of halogens is 2. The summed E-state index contributed by atoms with van der Waals surface area (Å²) in [7, 11) is 0. The molecule has 1 amide bonds. The molecule has 1 atom stereocenters. The number of benzene rings is 3. The predicted molar refractivity (Wildman–Crippen MR) is 123 cm³/mol. The smallest absolute Gasteiger partial charge is 0.295 e. The number of hydrogen-bond donors (Lipinski definition) is 2. The Morgan fingerprint density at radius 3 is 2.33 bits per heavy atom. The number of aliphatic hydroxyl groups is 1. The number of aliphatic hydroxyl groups excluding tert-OH is 1. The SMILES string of the molecule is Cc1cc(/C(O)=C2/C(=O)C(=O)N(CCc3ccc(Cl)cc3)C2c2ccc(O)cc2)ccc1F. The molecule has 0 spiro atoms. The van der Waals surface area contributed by atoms with Gasteiger partial charge in [0.2, 0.25) is 0 Å². The highest BCUT2D eigenvalue weighted by molar-refractivity contribution is 6.46. The highest BCUT2D eigenvalue weighted by Gasteiger charge is 2.45. The summed E-state index contributed by atoms with van der Waals surface area (Å²) in [6.45, 7) is 1.77. The van der Waals surface area contributed by atoms with Gasteiger partial charge in [-0.25, -0.2) is 4.39 Å². The van der Waals surface area contributed by atoms with Crippen molar-refractivity contribution in [1.82, 2.24) is 4.90 Å². The Morgan fingerprint density at radius 2 is 1.70 bits per heavy atom. The fraction of sp³-hybridized carbons (Fsp3) is 0.154. The topological polar surface area (TPSA) is 77.8 Å². The van der Waals surface area contributed by atoms with Gasteiger partial charge in [-0.2, -0.15) is 0 Å². The van der Waals surface area contributed by atoms with E-state index in [1.807, 2.05) is 12.1 Å². The van der Waals surface area contributed by atoms with E-state index < -0.39 is 23.5 Å². The van der Waals surface area contributed by atoms with Crippen LogP contribution in [0.2, 0.25) is 5.02 Å². The van der Waals surface area contributed by atoms with Crippen molar-refractivity contribution >= 4 is 29.1 Å². The monoisotopic (exact) mass is 465 g/mol. The molecule has 33 heavy (non-hydrogen) atoms. The number of phenols is 1. The van der Waals surface area contributed by atoms with Crippen LogP contribution in [0.3, 0.4) is 0 Å². The predicted octanol–water partition coefficient (Wildman–Crippen LogP) is 5.16. The molecule has 0 radical (unpaired) electrons. The Bertz CT molecular complexity index is 1250. The van der Waals surface area contributed by atoms with Crippen LogP contribution in [0.5, 0.6) is 5.75 Å². The van der Waals surface area contributed by atoms with Crippen molar-refractivity contribution in [1.29, 1.82) is 0 Å². The van der Waals surface area contributed by atoms with Crippen LogP contribution in [0.15, 0.2) is 72.3 Å². The fourth-order valence-electron chi connectivity index (χ4n) is 3.96. The van der Waals surface area contributed by atoms with Crippen molar-refractivity contribution in [2.45, 2.75) is 19.4 Å². The van der Waals surface area contributed by atoms with Crippen LogP contribution in [-0.2, 0) is 16.0 Å². The van der Waals surface area contributed by atoms with Crippen molar-refractivity contribution in [2.24, 2.45) is 0 Å². The van der Waals surface area contributed by atoms with Crippen molar-refractivity contribution in [3.05, 3.63) is 105 Å². The van der Waals surface area contributed by atoms with Gasteiger partial charge in [-0.05, 0) is 72.5 Å². The van der Waals surface area contributed by atoms with Gasteiger partial charge in [0, 0.05) is 17.1 Å². The van der Waals surface area contributed by atoms with E-state index in [0.29, 0.717) is 22.6 Å². The number of nitrogens with zero attached hydrogens (tertiary/aromatic N) is 1. The lowest BCUT2D eigenvalue weighted by atomic mass is 9.94. The summed E-state index contributed by atoms with van der Waals surface area (Å²) in [5, 5.41) is 21.3. The minimum Gasteiger partial charge on any atom is -0.508 e. The second-order valence-electron chi connectivity index (χ2n) is 7.92. The number of phenolic OH excluding ortho intramolecular Hbond substituents is 1. The molecule has 1 unspecified atom stereocenters. The number of ketones is 1. The van der Waals surface area contributed by atoms with E-state index in [1.54, 1.807) is 31.2 Å². The summed E-state index contributed by atoms with van der Waals surface area (Å²) in [6.07, 6.45) is 0.467. The Balaban J connectivity index is 1.78. The average molecular weight is 466 g/mol. The average Bonchev–Trinajstić information content (AvgIpc) is 3.05. The highest BCUT2D eigenvalue weighted by Crippen LogP contribution is 2.40. The fourth-order valence-corrected chi connectivity index (χ4v) is 4.09. The first-order chi connectivity index (χ1) is 15.8. The number of carbonyl (C=O) groups excluding carboxylic acids is 2. The first-order valence-electron chi connectivity index (χ1n) is 10.3. The lowest BCUT2D eigenvalue weighted by molar-refractivity contribution is -0.139. The third kappa shape index (κ3) is 4.47. The molecule has 0 bridgehead atoms. The summed E-state index contributed by atoms with van der Waals surface area (Å²) in [5.74, 6) is -2.33. The van der Waals surface area contributed by atoms with E-state index in [1.165, 1.54) is 35.2 Å². The molecular formula is C26H21ClFNO4. The first kappa shape index (κ1) is 22.6. The van der Waals surface area contributed by atoms with Gasteiger partial charge < -0.3 is 15.1 Å². The molecular weight excluding hydrogens is 445 g/mol. The molecule has 168 valence electrons. The molecule has 4 rings (SSSR count). The van der Waals surface area contributed by atoms with Gasteiger partial charge >= 0.3 is 0 Å². The lowest BCUT2D eigenvalue weighted by Gasteiger charge is -2.25. The standard InChI is InChI=1S/C26H21ClFNO4/c1-15-14-18(6-11-21(15)28)24(31)22-23(17-4-9-20(30)10-5-17)29(26(33)25(22)32)13-12-16-2-7-19(27)8-3-16/h2-11,14,23,30-31H,12-13H2,1H3/b24-22-. The Kier molecular flexibility index (Phi) is 6.20. The number of aromatic hydroxyl groups is 1. The third-order valence-electron chi connectivity index (χ3n) is 5.73. The molecule has 1 fully saturated rings. The Labute approximate surface area is 195 Å². The zero-order valence-corrected chi connectivity index (χ0v) is 18.5. The molecule has 1 saturated heterocycles. The second-order valence-corrected chi connectivity index (χ2v) is 8.36. The molecule has 3 aromatic carbocycles. The number of carbonyl (C=O) groups is 2. The number of hydrogen-bond acceptors (Lipinski definition) is 4. The van der Waals surface area contributed by atoms with Crippen LogP contribution >= 0.6 is 11.6 Å². The van der Waals surface area contributed by atoms with Gasteiger partial charge in [0.1, 0.15) is 17.3 Å². The summed E-state index contributed by atoms with van der Waals surface area (Å²) in [4.78, 5) is 27.4. The maximum absolute atomic E-state index is 13.7. The number of Topliss-reactive ketones (excluding diaryl/α,β-unsaturated/α-hetero) is 1. The van der Waals surface area contributed by atoms with Crippen LogP contribution in [-0.4, -0.2) is 33.3 Å². The summed E-state index contributed by atoms with van der Waals surface area (Å²) in [6, 6.07) is 16.4. The molecule has 1 aliphatic heterocycles. The molecule has 0 aromatic heterocycles. The van der Waals surface area contributed by atoms with Crippen molar-refractivity contribution in [3.8, 4) is 5.75 Å². The van der Waals surface area contributed by atoms with E-state index in [9.17, 15) is 24.2 Å². The van der Waals surface area contributed by atoms with Gasteiger partial charge in [-0.15, -0.1) is 0 Å². The minimum absolute atomic E-state index is 0.0334. The normalized spacial score (nSPS) is 17.5. The molecule has 0 saturated carbocycles. The van der Waals surface area contributed by atoms with Gasteiger partial charge in [-0.1, -0.05) is 35.9 Å². The number of likely N-dealkylation sites (tertiary alicyclic amines) is 1. The zero-order valence-electron chi connectivity index (χ0n) is 17.8. The maximum Gasteiger partial charge on any atom is 0.295 e. The summed E-state index contributed by atoms with van der Waals surface area (Å²) < 4.78 is 13.7. The van der Waals surface area contributed by atoms with Crippen LogP contribution in [0.1, 0.15) is 28.3 Å². The van der Waals surface area contributed by atoms with E-state index >= 15 is 0 Å². The van der Waals surface area contributed by atoms with Crippen LogP contribution in [0, 0.1) is 12.7 Å². The summed E-state index contributed by atoms with van der Waals surface area (Å²) >= 11 is 5.94. The van der Waals surface area contributed by atoms with Crippen LogP contribution in [0.4, 0.5) is 4.39 Å². The zero-order chi connectivity index (χ0) is 23.7. The van der Waals surface area contributed by atoms with E-state index in [-0.39, 0.29) is 29.2 Å². The van der Waals surface area contributed by atoms with E-state index in [4.69, 9.17) is 11.6 Å². The van der Waals surface area contributed by atoms with Gasteiger partial charge in [0.05, 0.1) is 11.6 Å². The maximum atomic E-state index is 13.7. The number of amides is 1. The quantitative estimate of drug-likeness (QED) is 0.310. The highest BCUT2D eigenvalue weighted by atomic mass is 35.5. The number of rotatable bonds is 5. The lowest BCUT2D eigenvalue weighted by Crippen LogP contribution is -2.31. The molecule has 1 aliphatic rings. The molecule has 7 heteroatoms. The molecule has 0 aliphatic carbocycles. The molecule has 1 heterocycles. The summed E-state index contributed by atoms with van der Waals surface area (Å²) in [5.41, 5.74) is 1.96. The first-order valence-corrected chi connectivity index (χ1v) is 10.7. The van der Waals surface area contributed by atoms with Crippen LogP contribution in [0.25, 0.3) is 5.76 Å². The number of aryl methyl sites for hydroxylation is 1. The molecule has 5 nitrogen and oxygen atoms in total. The van der Waals surface area contributed by atoms with Crippen LogP contribution < -0.4 is 0 Å². The van der Waals surface area contributed by atoms with Crippen molar-refractivity contribution in [3.63, 3.8) is 0 Å². The Morgan fingerprint density at radius 1 is 1.03 bits per heavy atom. The van der Waals surface area contributed by atoms with Gasteiger partial charge in [-0.3, -0.25) is 9.59 Å². The van der Waals surface area contributed by atoms with Crippen molar-refractivity contribution in [2.75, 3.05) is 6.54 Å². The second kappa shape index (κ2) is 9.08. The van der Waals surface area contributed by atoms with Gasteiger partial charge in [0.15, 0.2) is 0 Å². The van der Waals surface area contributed by atoms with E-state index in [0.717, 1.165) is 5.56 Å². The molecule has 2 N–H and O–H groups in total.